The Hall–Kier alpha value is -2.76. The number of nitrogens with two attached hydrogens (primary N) is 2. The SMILES string of the molecule is CCCCCCCCCCCCNCC(O)C1OC(OC(CO)C(O)C2OC(OC(CO)C(O)C3OC(O)(C(=O)O)CC(O)C3N)(C(=O)O)CC(O)[C@H]2N)(C(=O)O)CC2CC21NC(=O)CC. The van der Waals surface area contributed by atoms with Crippen LogP contribution >= 0.6 is 0 Å². The number of hydrogen-bond donors (Lipinski definition) is 15. The van der Waals surface area contributed by atoms with Gasteiger partial charge in [-0.15, -0.1) is 0 Å². The molecule has 0 aromatic carbocycles. The van der Waals surface area contributed by atoms with Gasteiger partial charge in [-0.3, -0.25) is 4.79 Å². The van der Waals surface area contributed by atoms with Crippen LogP contribution in [0.1, 0.15) is 110 Å². The molecule has 3 heterocycles. The van der Waals surface area contributed by atoms with Crippen molar-refractivity contribution in [1.29, 1.82) is 0 Å². The molecule has 0 bridgehead atoms. The minimum Gasteiger partial charge on any atom is -0.477 e. The average molecular weight is 955 g/mol. The van der Waals surface area contributed by atoms with Gasteiger partial charge in [0.15, 0.2) is 0 Å². The second kappa shape index (κ2) is 24.2. The summed E-state index contributed by atoms with van der Waals surface area (Å²) in [7, 11) is 0. The van der Waals surface area contributed by atoms with Gasteiger partial charge in [-0.1, -0.05) is 71.6 Å². The lowest BCUT2D eigenvalue weighted by atomic mass is 9.88. The topological polar surface area (TPSA) is 413 Å². The molecule has 4 fully saturated rings. The van der Waals surface area contributed by atoms with Crippen molar-refractivity contribution < 1.29 is 99.0 Å². The van der Waals surface area contributed by atoms with E-state index in [4.69, 9.17) is 35.2 Å². The van der Waals surface area contributed by atoms with Crippen molar-refractivity contribution in [2.45, 2.75) is 206 Å². The number of hydrogen-bond acceptors (Lipinski definition) is 20. The molecule has 16 unspecified atom stereocenters. The van der Waals surface area contributed by atoms with Crippen molar-refractivity contribution >= 4 is 23.8 Å². The van der Waals surface area contributed by atoms with Gasteiger partial charge in [-0.2, -0.15) is 0 Å². The van der Waals surface area contributed by atoms with Gasteiger partial charge in [0.05, 0.1) is 49.1 Å². The fourth-order valence-electron chi connectivity index (χ4n) is 9.29. The van der Waals surface area contributed by atoms with Crippen LogP contribution < -0.4 is 22.1 Å². The van der Waals surface area contributed by atoms with E-state index in [2.05, 4.69) is 17.6 Å². The summed E-state index contributed by atoms with van der Waals surface area (Å²) in [6, 6.07) is -3.33. The van der Waals surface area contributed by atoms with E-state index in [0.717, 1.165) is 25.7 Å². The molecule has 1 amide bonds. The maximum atomic E-state index is 13.2. The van der Waals surface area contributed by atoms with E-state index in [1.54, 1.807) is 6.92 Å². The van der Waals surface area contributed by atoms with E-state index in [1.165, 1.54) is 38.5 Å². The molecule has 0 spiro atoms. The third-order valence-corrected chi connectivity index (χ3v) is 13.3. The van der Waals surface area contributed by atoms with Crippen LogP contribution in [-0.2, 0) is 42.9 Å². The van der Waals surface area contributed by atoms with Crippen LogP contribution in [-0.4, -0.2) is 202 Å². The zero-order valence-corrected chi connectivity index (χ0v) is 37.7. The molecule has 4 rings (SSSR count). The first kappa shape index (κ1) is 55.8. The van der Waals surface area contributed by atoms with Crippen molar-refractivity contribution in [3.8, 4) is 0 Å². The number of unbranched alkanes of at least 4 members (excludes halogenated alkanes) is 9. The summed E-state index contributed by atoms with van der Waals surface area (Å²) in [6.07, 6.45) is -10.3. The Bertz CT molecular complexity index is 1600. The number of aliphatic hydroxyl groups excluding tert-OH is 7. The largest absolute Gasteiger partial charge is 0.477 e. The lowest BCUT2D eigenvalue weighted by Crippen LogP contribution is -2.70. The highest BCUT2D eigenvalue weighted by atomic mass is 16.8. The van der Waals surface area contributed by atoms with Crippen molar-refractivity contribution in [3.05, 3.63) is 0 Å². The fourth-order valence-corrected chi connectivity index (χ4v) is 9.29. The maximum Gasteiger partial charge on any atom is 0.364 e. The summed E-state index contributed by atoms with van der Waals surface area (Å²) in [4.78, 5) is 50.5. The Kier molecular flexibility index (Phi) is 20.5. The van der Waals surface area contributed by atoms with Crippen LogP contribution in [0, 0.1) is 5.92 Å². The van der Waals surface area contributed by atoms with Gasteiger partial charge in [-0.05, 0) is 25.3 Å². The second-order valence-corrected chi connectivity index (χ2v) is 18.3. The van der Waals surface area contributed by atoms with Crippen molar-refractivity contribution in [3.63, 3.8) is 0 Å². The molecule has 0 radical (unpaired) electrons. The fraction of sp³-hybridized carbons (Fsp3) is 0.905. The molecular formula is C42H74N4O20. The van der Waals surface area contributed by atoms with E-state index in [-0.39, 0.29) is 25.3 Å². The van der Waals surface area contributed by atoms with E-state index >= 15 is 0 Å². The minimum absolute atomic E-state index is 0.0659. The maximum absolute atomic E-state index is 13.2. The quantitative estimate of drug-likeness (QED) is 0.0327. The first-order valence-corrected chi connectivity index (χ1v) is 23.1. The Balaban J connectivity index is 1.50. The summed E-state index contributed by atoms with van der Waals surface area (Å²) >= 11 is 0. The number of amides is 1. The van der Waals surface area contributed by atoms with Gasteiger partial charge in [0.2, 0.25) is 5.91 Å². The number of nitrogens with one attached hydrogen (secondary N) is 2. The predicted octanol–water partition coefficient (Wildman–Crippen LogP) is -3.30. The van der Waals surface area contributed by atoms with Crippen molar-refractivity contribution in [2.24, 2.45) is 17.4 Å². The van der Waals surface area contributed by atoms with Gasteiger partial charge < -0.3 is 102 Å². The third kappa shape index (κ3) is 12.9. The number of aliphatic carboxylic acids is 3. The van der Waals surface area contributed by atoms with Crippen LogP contribution in [0.25, 0.3) is 0 Å². The number of rotatable bonds is 29. The van der Waals surface area contributed by atoms with Crippen LogP contribution in [0.3, 0.4) is 0 Å². The third-order valence-electron chi connectivity index (χ3n) is 13.3. The van der Waals surface area contributed by atoms with Gasteiger partial charge in [-0.25, -0.2) is 14.4 Å². The molecule has 0 aromatic heterocycles. The van der Waals surface area contributed by atoms with Crippen LogP contribution in [0.4, 0.5) is 0 Å². The second-order valence-electron chi connectivity index (χ2n) is 18.3. The van der Waals surface area contributed by atoms with Crippen LogP contribution in [0.15, 0.2) is 0 Å². The van der Waals surface area contributed by atoms with Crippen LogP contribution in [0.5, 0.6) is 0 Å². The summed E-state index contributed by atoms with van der Waals surface area (Å²) < 4.78 is 28.3. The molecule has 17 N–H and O–H groups in total. The highest BCUT2D eigenvalue weighted by Gasteiger charge is 2.71. The molecule has 66 heavy (non-hydrogen) atoms. The Labute approximate surface area is 382 Å². The minimum atomic E-state index is -3.12. The molecule has 1 aliphatic carbocycles. The molecule has 3 aliphatic heterocycles. The van der Waals surface area contributed by atoms with E-state index < -0.39 is 152 Å². The van der Waals surface area contributed by atoms with Gasteiger partial charge in [0.1, 0.15) is 42.7 Å². The molecule has 4 aliphatic rings. The van der Waals surface area contributed by atoms with E-state index in [1.807, 2.05) is 0 Å². The number of aliphatic hydroxyl groups is 8. The standard InChI is InChI=1S/C42H74N4O20/c1-3-5-6-7-8-9-10-11-12-13-14-45-19-25(51)35-39(46-28(52)4-2)15-22(39)16-41(66-35,37(57)58)62-27(21-48)32(54)34-30(44)24(50)18-42(65-34,38(59)60)63-26(20-47)31(53)33-29(43)23(49)17-40(61,64-33)36(55)56/h22-27,29-35,45,47-51,53-54,61H,3-21,43-44H2,1-2H3,(H,46,52)(H,55,56)(H,57,58)(H,59,60)/t22?,23?,24?,25?,26?,27?,29?,30-,31?,32?,33?,34?,35?,39?,40?,41?,42?/m1/s1. The summed E-state index contributed by atoms with van der Waals surface area (Å²) in [5.74, 6) is -15.7. The van der Waals surface area contributed by atoms with E-state index in [9.17, 15) is 75.3 Å². The number of fused-ring (bicyclic) bond motifs is 1. The molecule has 0 aromatic rings. The Morgan fingerprint density at radius 2 is 1.17 bits per heavy atom. The average Bonchev–Trinajstić information content (AvgIpc) is 3.98. The smallest absolute Gasteiger partial charge is 0.364 e. The number of ether oxygens (including phenoxy) is 5. The molecule has 17 atom stereocenters. The number of carbonyl (C=O) groups is 4. The first-order valence-electron chi connectivity index (χ1n) is 23.1. The molecule has 24 nitrogen and oxygen atoms in total. The lowest BCUT2D eigenvalue weighted by Gasteiger charge is -2.49. The number of carboxylic acid groups (broad SMARTS) is 3. The van der Waals surface area contributed by atoms with Gasteiger partial charge in [0, 0.05) is 32.2 Å². The van der Waals surface area contributed by atoms with Gasteiger partial charge in [0.25, 0.3) is 17.4 Å². The van der Waals surface area contributed by atoms with E-state index in [0.29, 0.717) is 6.54 Å². The zero-order valence-electron chi connectivity index (χ0n) is 37.7. The van der Waals surface area contributed by atoms with Crippen LogP contribution in [0.2, 0.25) is 0 Å². The number of carbonyl (C=O) groups excluding carboxylic acids is 1. The number of carboxylic acids is 3. The molecule has 3 saturated heterocycles. The Morgan fingerprint density at radius 1 is 0.682 bits per heavy atom. The summed E-state index contributed by atoms with van der Waals surface area (Å²) in [6.45, 7) is 1.80. The summed E-state index contributed by atoms with van der Waals surface area (Å²) in [5, 5.41) is 124. The summed E-state index contributed by atoms with van der Waals surface area (Å²) in [5.41, 5.74) is 10.9. The van der Waals surface area contributed by atoms with Gasteiger partial charge >= 0.3 is 17.9 Å². The predicted molar refractivity (Wildman–Crippen MR) is 226 cm³/mol. The highest BCUT2D eigenvalue weighted by Crippen LogP contribution is 2.58. The lowest BCUT2D eigenvalue weighted by molar-refractivity contribution is -0.351. The highest BCUT2D eigenvalue weighted by molar-refractivity contribution is 5.79. The monoisotopic (exact) mass is 954 g/mol. The zero-order chi connectivity index (χ0) is 49.2. The van der Waals surface area contributed by atoms with Crippen molar-refractivity contribution in [1.82, 2.24) is 10.6 Å². The molecular weight excluding hydrogens is 880 g/mol. The normalized spacial score (nSPS) is 36.6. The molecule has 382 valence electrons. The first-order chi connectivity index (χ1) is 31.1. The van der Waals surface area contributed by atoms with Crippen molar-refractivity contribution in [2.75, 3.05) is 26.3 Å². The molecule has 24 heteroatoms. The Morgan fingerprint density at radius 3 is 1.65 bits per heavy atom. The molecule has 1 saturated carbocycles.